The molecule has 4 heteroatoms. The second kappa shape index (κ2) is 6.27. The van der Waals surface area contributed by atoms with Gasteiger partial charge in [0, 0.05) is 5.02 Å². The summed E-state index contributed by atoms with van der Waals surface area (Å²) in [7, 11) is 1.43. The molecule has 0 amide bonds. The molecule has 0 saturated carbocycles. The van der Waals surface area contributed by atoms with Gasteiger partial charge in [-0.25, -0.2) is 4.39 Å². The molecule has 0 saturated heterocycles. The van der Waals surface area contributed by atoms with E-state index in [0.717, 1.165) is 11.1 Å². The van der Waals surface area contributed by atoms with Gasteiger partial charge in [-0.1, -0.05) is 29.8 Å². The van der Waals surface area contributed by atoms with Gasteiger partial charge in [0.15, 0.2) is 11.6 Å². The Kier molecular flexibility index (Phi) is 4.67. The highest BCUT2D eigenvalue weighted by Crippen LogP contribution is 2.29. The van der Waals surface area contributed by atoms with E-state index in [2.05, 4.69) is 0 Å². The van der Waals surface area contributed by atoms with Crippen molar-refractivity contribution in [2.24, 2.45) is 0 Å². The molecule has 0 radical (unpaired) electrons. The van der Waals surface area contributed by atoms with Crippen molar-refractivity contribution >= 4 is 23.2 Å². The number of methoxy groups -OCH3 is 1. The summed E-state index contributed by atoms with van der Waals surface area (Å²) in [5.41, 5.74) is 1.74. The van der Waals surface area contributed by atoms with E-state index in [0.29, 0.717) is 11.4 Å². The van der Waals surface area contributed by atoms with Crippen LogP contribution in [0.15, 0.2) is 42.5 Å². The van der Waals surface area contributed by atoms with Gasteiger partial charge < -0.3 is 4.74 Å². The van der Waals surface area contributed by atoms with Crippen LogP contribution in [0.1, 0.15) is 16.5 Å². The molecule has 0 aromatic heterocycles. The molecule has 0 aliphatic rings. The van der Waals surface area contributed by atoms with Gasteiger partial charge in [0.05, 0.1) is 12.5 Å². The van der Waals surface area contributed by atoms with Gasteiger partial charge >= 0.3 is 0 Å². The molecule has 2 aromatic rings. The molecule has 2 rings (SSSR count). The lowest BCUT2D eigenvalue weighted by Crippen LogP contribution is -1.98. The summed E-state index contributed by atoms with van der Waals surface area (Å²) in [4.78, 5) is 0. The number of benzene rings is 2. The van der Waals surface area contributed by atoms with Gasteiger partial charge in [0.1, 0.15) is 0 Å². The van der Waals surface area contributed by atoms with Crippen molar-refractivity contribution in [3.05, 3.63) is 64.4 Å². The zero-order valence-corrected chi connectivity index (χ0v) is 11.9. The molecule has 0 bridgehead atoms. The maximum absolute atomic E-state index is 13.6. The zero-order chi connectivity index (χ0) is 13.8. The number of hydrogen-bond donors (Lipinski definition) is 0. The smallest absolute Gasteiger partial charge is 0.165 e. The van der Waals surface area contributed by atoms with Crippen LogP contribution >= 0.6 is 23.2 Å². The maximum atomic E-state index is 13.6. The average molecular weight is 299 g/mol. The second-order valence-electron chi connectivity index (χ2n) is 4.20. The number of alkyl halides is 1. The van der Waals surface area contributed by atoms with Gasteiger partial charge in [0.25, 0.3) is 0 Å². The van der Waals surface area contributed by atoms with E-state index < -0.39 is 5.82 Å². The molecule has 0 heterocycles. The molecule has 1 nitrogen and oxygen atoms in total. The van der Waals surface area contributed by atoms with Crippen LogP contribution in [0.3, 0.4) is 0 Å². The summed E-state index contributed by atoms with van der Waals surface area (Å²) in [5, 5.41) is 0.362. The van der Waals surface area contributed by atoms with Crippen LogP contribution in [0.4, 0.5) is 4.39 Å². The highest BCUT2D eigenvalue weighted by atomic mass is 35.5. The fourth-order valence-electron chi connectivity index (χ4n) is 1.87. The zero-order valence-electron chi connectivity index (χ0n) is 10.4. The fraction of sp³-hybridized carbons (Fsp3) is 0.200. The predicted molar refractivity (Wildman–Crippen MR) is 76.7 cm³/mol. The van der Waals surface area contributed by atoms with Crippen molar-refractivity contribution < 1.29 is 9.13 Å². The third kappa shape index (κ3) is 3.62. The first-order valence-corrected chi connectivity index (χ1v) is 6.63. The van der Waals surface area contributed by atoms with Crippen LogP contribution in [0.25, 0.3) is 0 Å². The summed E-state index contributed by atoms with van der Waals surface area (Å²) in [6, 6.07) is 12.2. The van der Waals surface area contributed by atoms with Crippen molar-refractivity contribution in [3.63, 3.8) is 0 Å². The molecule has 0 N–H and O–H groups in total. The topological polar surface area (TPSA) is 9.23 Å². The minimum Gasteiger partial charge on any atom is -0.494 e. The van der Waals surface area contributed by atoms with E-state index in [1.165, 1.54) is 13.2 Å². The third-order valence-electron chi connectivity index (χ3n) is 2.84. The number of hydrogen-bond acceptors (Lipinski definition) is 1. The second-order valence-corrected chi connectivity index (χ2v) is 5.16. The van der Waals surface area contributed by atoms with E-state index in [-0.39, 0.29) is 11.1 Å². The van der Waals surface area contributed by atoms with E-state index in [1.54, 1.807) is 18.2 Å². The summed E-state index contributed by atoms with van der Waals surface area (Å²) in [5.74, 6) is -0.188. The normalized spacial score (nSPS) is 12.2. The molecule has 2 aromatic carbocycles. The number of rotatable bonds is 4. The molecule has 100 valence electrons. The summed E-state index contributed by atoms with van der Waals surface area (Å²) < 4.78 is 18.5. The lowest BCUT2D eigenvalue weighted by molar-refractivity contribution is 0.386. The van der Waals surface area contributed by atoms with Crippen LogP contribution < -0.4 is 4.74 Å². The quantitative estimate of drug-likeness (QED) is 0.721. The van der Waals surface area contributed by atoms with Gasteiger partial charge in [-0.3, -0.25) is 0 Å². The largest absolute Gasteiger partial charge is 0.494 e. The summed E-state index contributed by atoms with van der Waals surface area (Å²) in [6.07, 6.45) is 0.591. The molecular weight excluding hydrogens is 286 g/mol. The molecule has 0 spiro atoms. The summed E-state index contributed by atoms with van der Waals surface area (Å²) >= 11 is 12.2. The first kappa shape index (κ1) is 14.2. The summed E-state index contributed by atoms with van der Waals surface area (Å²) in [6.45, 7) is 0. The lowest BCUT2D eigenvalue weighted by Gasteiger charge is -2.11. The predicted octanol–water partition coefficient (Wildman–Crippen LogP) is 5.01. The van der Waals surface area contributed by atoms with E-state index in [9.17, 15) is 4.39 Å². The Labute approximate surface area is 121 Å². The lowest BCUT2D eigenvalue weighted by atomic mass is 10.0. The average Bonchev–Trinajstić information content (AvgIpc) is 2.38. The minimum atomic E-state index is -0.406. The van der Waals surface area contributed by atoms with Crippen LogP contribution in [0.5, 0.6) is 5.75 Å². The van der Waals surface area contributed by atoms with Gasteiger partial charge in [-0.05, 0) is 41.8 Å². The van der Waals surface area contributed by atoms with E-state index >= 15 is 0 Å². The first-order valence-electron chi connectivity index (χ1n) is 5.82. The molecule has 0 aliphatic heterocycles. The van der Waals surface area contributed by atoms with Crippen LogP contribution in [0.2, 0.25) is 5.02 Å². The molecule has 1 atom stereocenters. The number of halogens is 3. The highest BCUT2D eigenvalue weighted by Gasteiger charge is 2.12. The van der Waals surface area contributed by atoms with Gasteiger partial charge in [0.2, 0.25) is 0 Å². The molecule has 0 fully saturated rings. The third-order valence-corrected chi connectivity index (χ3v) is 3.48. The van der Waals surface area contributed by atoms with Crippen LogP contribution in [-0.2, 0) is 6.42 Å². The van der Waals surface area contributed by atoms with Gasteiger partial charge in [-0.2, -0.15) is 0 Å². The van der Waals surface area contributed by atoms with Crippen molar-refractivity contribution in [2.75, 3.05) is 7.11 Å². The Hall–Kier alpha value is -1.25. The number of ether oxygens (including phenoxy) is 1. The molecular formula is C15H13Cl2FO. The Morgan fingerprint density at radius 3 is 2.63 bits per heavy atom. The van der Waals surface area contributed by atoms with Crippen LogP contribution in [-0.4, -0.2) is 7.11 Å². The Bertz CT molecular complexity index is 572. The van der Waals surface area contributed by atoms with E-state index in [1.807, 2.05) is 18.2 Å². The monoisotopic (exact) mass is 298 g/mol. The standard InChI is InChI=1S/C15H13Cl2FO/c1-19-15-6-5-11(9-14(15)18)13(17)8-10-3-2-4-12(16)7-10/h2-7,9,13H,8H2,1H3. The highest BCUT2D eigenvalue weighted by molar-refractivity contribution is 6.30. The Balaban J connectivity index is 2.15. The molecule has 1 unspecified atom stereocenters. The fourth-order valence-corrected chi connectivity index (χ4v) is 2.39. The van der Waals surface area contributed by atoms with Crippen LogP contribution in [0, 0.1) is 5.82 Å². The maximum Gasteiger partial charge on any atom is 0.165 e. The van der Waals surface area contributed by atoms with Gasteiger partial charge in [-0.15, -0.1) is 11.6 Å². The van der Waals surface area contributed by atoms with Crippen molar-refractivity contribution in [1.29, 1.82) is 0 Å². The minimum absolute atomic E-state index is 0.218. The Morgan fingerprint density at radius 2 is 2.00 bits per heavy atom. The molecule has 0 aliphatic carbocycles. The first-order chi connectivity index (χ1) is 9.10. The SMILES string of the molecule is COc1ccc(C(Cl)Cc2cccc(Cl)c2)cc1F. The van der Waals surface area contributed by atoms with Crippen molar-refractivity contribution in [2.45, 2.75) is 11.8 Å². The van der Waals surface area contributed by atoms with E-state index in [4.69, 9.17) is 27.9 Å². The van der Waals surface area contributed by atoms with Crippen molar-refractivity contribution in [3.8, 4) is 5.75 Å². The van der Waals surface area contributed by atoms with Crippen molar-refractivity contribution in [1.82, 2.24) is 0 Å². The molecule has 19 heavy (non-hydrogen) atoms. The Morgan fingerprint density at radius 1 is 1.21 bits per heavy atom.